The Morgan fingerprint density at radius 1 is 1.20 bits per heavy atom. The van der Waals surface area contributed by atoms with E-state index in [1.54, 1.807) is 35.2 Å². The average molecular weight is 451 g/mol. The lowest BCUT2D eigenvalue weighted by molar-refractivity contribution is -0.125. The van der Waals surface area contributed by atoms with Crippen molar-refractivity contribution in [1.29, 1.82) is 0 Å². The van der Waals surface area contributed by atoms with Gasteiger partial charge in [0.05, 0.1) is 22.2 Å². The summed E-state index contributed by atoms with van der Waals surface area (Å²) in [4.78, 5) is 50.1. The van der Waals surface area contributed by atoms with E-state index in [2.05, 4.69) is 10.6 Å². The van der Waals surface area contributed by atoms with Gasteiger partial charge >= 0.3 is 0 Å². The highest BCUT2D eigenvalue weighted by Crippen LogP contribution is 2.22. The molecule has 0 aliphatic carbocycles. The van der Waals surface area contributed by atoms with Gasteiger partial charge in [-0.2, -0.15) is 0 Å². The Balaban J connectivity index is 1.66. The van der Waals surface area contributed by atoms with Gasteiger partial charge in [-0.25, -0.2) is 0 Å². The van der Waals surface area contributed by atoms with Gasteiger partial charge in [-0.15, -0.1) is 11.3 Å². The average Bonchev–Trinajstić information content (AvgIpc) is 3.15. The van der Waals surface area contributed by atoms with Crippen LogP contribution in [0.1, 0.15) is 16.1 Å². The lowest BCUT2D eigenvalue weighted by Gasteiger charge is -2.27. The number of morpholine rings is 1. The smallest absolute Gasteiger partial charge is 0.262 e. The monoisotopic (exact) mass is 450 g/mol. The van der Waals surface area contributed by atoms with Gasteiger partial charge in [0.25, 0.3) is 11.8 Å². The standard InChI is InChI=1S/C19H19ClN4O5S/c20-15-6-5-14(30-15)19(28)23-13(9-16(21)25)18(27)22-11-1-3-12(4-2-11)24-7-8-29-10-17(24)26/h1-6,13H,7-10H2,(H2,21,25)(H,22,27)(H,23,28)/t13-/m0/s1. The van der Waals surface area contributed by atoms with E-state index in [0.29, 0.717) is 33.7 Å². The van der Waals surface area contributed by atoms with Crippen molar-refractivity contribution in [1.82, 2.24) is 5.32 Å². The molecule has 2 aromatic rings. The second-order valence-electron chi connectivity index (χ2n) is 6.43. The van der Waals surface area contributed by atoms with E-state index in [4.69, 9.17) is 22.1 Å². The summed E-state index contributed by atoms with van der Waals surface area (Å²) in [5, 5.41) is 5.14. The third-order valence-corrected chi connectivity index (χ3v) is 5.49. The van der Waals surface area contributed by atoms with Crippen molar-refractivity contribution in [3.8, 4) is 0 Å². The van der Waals surface area contributed by atoms with E-state index in [0.717, 1.165) is 11.3 Å². The summed E-state index contributed by atoms with van der Waals surface area (Å²) in [5.41, 5.74) is 6.34. The molecule has 4 N–H and O–H groups in total. The van der Waals surface area contributed by atoms with Crippen LogP contribution in [0.5, 0.6) is 0 Å². The molecule has 1 aliphatic rings. The van der Waals surface area contributed by atoms with Crippen LogP contribution in [0.4, 0.5) is 11.4 Å². The van der Waals surface area contributed by atoms with Crippen LogP contribution in [0.15, 0.2) is 36.4 Å². The van der Waals surface area contributed by atoms with Crippen LogP contribution >= 0.6 is 22.9 Å². The quantitative estimate of drug-likeness (QED) is 0.586. The van der Waals surface area contributed by atoms with Gasteiger partial charge in [-0.3, -0.25) is 19.2 Å². The molecule has 3 rings (SSSR count). The van der Waals surface area contributed by atoms with E-state index in [9.17, 15) is 19.2 Å². The molecule has 1 atom stereocenters. The van der Waals surface area contributed by atoms with Gasteiger partial charge in [0.2, 0.25) is 11.8 Å². The lowest BCUT2D eigenvalue weighted by atomic mass is 10.1. The summed E-state index contributed by atoms with van der Waals surface area (Å²) in [6.45, 7) is 0.931. The maximum atomic E-state index is 12.6. The first kappa shape index (κ1) is 21.8. The number of carbonyl (C=O) groups excluding carboxylic acids is 4. The molecule has 1 aromatic carbocycles. The van der Waals surface area contributed by atoms with E-state index in [1.807, 2.05) is 0 Å². The summed E-state index contributed by atoms with van der Waals surface area (Å²) >= 11 is 6.88. The molecular weight excluding hydrogens is 432 g/mol. The van der Waals surface area contributed by atoms with E-state index in [-0.39, 0.29) is 18.9 Å². The number of anilines is 2. The highest BCUT2D eigenvalue weighted by molar-refractivity contribution is 7.18. The predicted octanol–water partition coefficient (Wildman–Crippen LogP) is 1.38. The zero-order valence-corrected chi connectivity index (χ0v) is 17.3. The zero-order chi connectivity index (χ0) is 21.7. The van der Waals surface area contributed by atoms with Crippen molar-refractivity contribution >= 4 is 57.9 Å². The molecule has 0 bridgehead atoms. The molecule has 0 saturated carbocycles. The van der Waals surface area contributed by atoms with Crippen molar-refractivity contribution in [3.05, 3.63) is 45.6 Å². The maximum Gasteiger partial charge on any atom is 0.262 e. The fourth-order valence-corrected chi connectivity index (χ4v) is 3.77. The largest absolute Gasteiger partial charge is 0.370 e. The molecule has 2 heterocycles. The fraction of sp³-hybridized carbons (Fsp3) is 0.263. The third kappa shape index (κ3) is 5.56. The minimum absolute atomic E-state index is 0.0302. The molecule has 11 heteroatoms. The predicted molar refractivity (Wildman–Crippen MR) is 113 cm³/mol. The summed E-state index contributed by atoms with van der Waals surface area (Å²) in [6.07, 6.45) is -0.364. The molecule has 158 valence electrons. The number of amides is 4. The molecule has 9 nitrogen and oxygen atoms in total. The topological polar surface area (TPSA) is 131 Å². The highest BCUT2D eigenvalue weighted by atomic mass is 35.5. The van der Waals surface area contributed by atoms with Crippen LogP contribution in [-0.2, 0) is 19.1 Å². The molecule has 0 spiro atoms. The Bertz CT molecular complexity index is 962. The first-order valence-corrected chi connectivity index (χ1v) is 10.2. The fourth-order valence-electron chi connectivity index (χ4n) is 2.82. The highest BCUT2D eigenvalue weighted by Gasteiger charge is 2.25. The molecule has 30 heavy (non-hydrogen) atoms. The Morgan fingerprint density at radius 3 is 2.53 bits per heavy atom. The number of primary amides is 1. The van der Waals surface area contributed by atoms with Gasteiger partial charge in [0.15, 0.2) is 0 Å². The van der Waals surface area contributed by atoms with Gasteiger partial charge < -0.3 is 26.0 Å². The molecule has 1 aliphatic heterocycles. The van der Waals surface area contributed by atoms with Crippen molar-refractivity contribution in [2.24, 2.45) is 5.73 Å². The number of ether oxygens (including phenoxy) is 1. The van der Waals surface area contributed by atoms with Gasteiger partial charge in [0, 0.05) is 17.9 Å². The number of halogens is 1. The normalized spacial score (nSPS) is 14.8. The Morgan fingerprint density at radius 2 is 1.93 bits per heavy atom. The Labute approximate surface area is 181 Å². The number of thiophene rings is 1. The van der Waals surface area contributed by atoms with Crippen LogP contribution in [0.3, 0.4) is 0 Å². The number of rotatable bonds is 7. The van der Waals surface area contributed by atoms with Gasteiger partial charge in [-0.1, -0.05) is 11.6 Å². The summed E-state index contributed by atoms with van der Waals surface area (Å²) in [5.74, 6) is -2.01. The number of hydrogen-bond donors (Lipinski definition) is 3. The second-order valence-corrected chi connectivity index (χ2v) is 8.15. The van der Waals surface area contributed by atoms with Crippen LogP contribution in [-0.4, -0.2) is 49.4 Å². The number of carbonyl (C=O) groups is 4. The number of nitrogens with one attached hydrogen (secondary N) is 2. The second kappa shape index (κ2) is 9.70. The SMILES string of the molecule is NC(=O)C[C@H](NC(=O)c1ccc(Cl)s1)C(=O)Nc1ccc(N2CCOCC2=O)cc1. The number of benzene rings is 1. The summed E-state index contributed by atoms with van der Waals surface area (Å²) in [6, 6.07) is 8.55. The van der Waals surface area contributed by atoms with Crippen LogP contribution < -0.4 is 21.3 Å². The number of nitrogens with zero attached hydrogens (tertiary/aromatic N) is 1. The molecule has 1 saturated heterocycles. The number of nitrogens with two attached hydrogens (primary N) is 1. The Kier molecular flexibility index (Phi) is 7.03. The van der Waals surface area contributed by atoms with Gasteiger partial charge in [0.1, 0.15) is 12.6 Å². The van der Waals surface area contributed by atoms with E-state index < -0.39 is 23.8 Å². The van der Waals surface area contributed by atoms with Crippen LogP contribution in [0.2, 0.25) is 4.34 Å². The lowest BCUT2D eigenvalue weighted by Crippen LogP contribution is -2.45. The molecule has 4 amide bonds. The number of hydrogen-bond acceptors (Lipinski definition) is 6. The minimum Gasteiger partial charge on any atom is -0.370 e. The first-order valence-electron chi connectivity index (χ1n) is 8.97. The molecule has 0 unspecified atom stereocenters. The van der Waals surface area contributed by atoms with Crippen LogP contribution in [0.25, 0.3) is 0 Å². The molecule has 0 radical (unpaired) electrons. The molecule has 1 aromatic heterocycles. The Hall–Kier alpha value is -2.95. The van der Waals surface area contributed by atoms with Gasteiger partial charge in [-0.05, 0) is 36.4 Å². The third-order valence-electron chi connectivity index (χ3n) is 4.26. The maximum absolute atomic E-state index is 12.6. The first-order chi connectivity index (χ1) is 14.3. The van der Waals surface area contributed by atoms with Crippen molar-refractivity contribution in [2.75, 3.05) is 30.0 Å². The van der Waals surface area contributed by atoms with E-state index >= 15 is 0 Å². The molecular formula is C19H19ClN4O5S. The van der Waals surface area contributed by atoms with Crippen molar-refractivity contribution in [3.63, 3.8) is 0 Å². The molecule has 1 fully saturated rings. The minimum atomic E-state index is -1.16. The zero-order valence-electron chi connectivity index (χ0n) is 15.7. The van der Waals surface area contributed by atoms with E-state index in [1.165, 1.54) is 6.07 Å². The van der Waals surface area contributed by atoms with Crippen molar-refractivity contribution in [2.45, 2.75) is 12.5 Å². The van der Waals surface area contributed by atoms with Crippen molar-refractivity contribution < 1.29 is 23.9 Å². The van der Waals surface area contributed by atoms with Crippen LogP contribution in [0, 0.1) is 0 Å². The summed E-state index contributed by atoms with van der Waals surface area (Å²) in [7, 11) is 0. The summed E-state index contributed by atoms with van der Waals surface area (Å²) < 4.78 is 5.53.